The van der Waals surface area contributed by atoms with Gasteiger partial charge < -0.3 is 9.73 Å². The van der Waals surface area contributed by atoms with E-state index in [0.29, 0.717) is 12.4 Å². The van der Waals surface area contributed by atoms with E-state index in [9.17, 15) is 4.79 Å². The Morgan fingerprint density at radius 1 is 1.77 bits per heavy atom. The number of carbonyl (C=O) groups is 1. The van der Waals surface area contributed by atoms with E-state index in [1.54, 1.807) is 0 Å². The minimum absolute atomic E-state index is 0.0733. The van der Waals surface area contributed by atoms with Crippen LogP contribution in [0, 0.1) is 10.8 Å². The molecule has 1 aromatic rings. The second-order valence-electron chi connectivity index (χ2n) is 3.00. The summed E-state index contributed by atoms with van der Waals surface area (Å²) in [6, 6.07) is 0. The van der Waals surface area contributed by atoms with Crippen molar-refractivity contribution in [3.8, 4) is 0 Å². The lowest BCUT2D eigenvalue weighted by Crippen LogP contribution is -2.24. The predicted octanol–water partition coefficient (Wildman–Crippen LogP) is 0.758. The average molecular weight is 199 g/mol. The highest BCUT2D eigenvalue weighted by atomic mass is 32.1. The third kappa shape index (κ3) is 2.15. The highest BCUT2D eigenvalue weighted by Crippen LogP contribution is 2.28. The van der Waals surface area contributed by atoms with Crippen LogP contribution in [0.5, 0.6) is 0 Å². The van der Waals surface area contributed by atoms with Gasteiger partial charge in [-0.1, -0.05) is 0 Å². The molecule has 0 aromatic carbocycles. The second-order valence-corrected chi connectivity index (χ2v) is 3.37. The first-order valence-electron chi connectivity index (χ1n) is 4.08. The molecule has 0 spiro atoms. The van der Waals surface area contributed by atoms with Gasteiger partial charge in [-0.3, -0.25) is 4.79 Å². The van der Waals surface area contributed by atoms with Crippen LogP contribution in [0.1, 0.15) is 18.7 Å². The topological polar surface area (TPSA) is 70.9 Å². The third-order valence-electron chi connectivity index (χ3n) is 1.84. The molecule has 1 saturated carbocycles. The van der Waals surface area contributed by atoms with Crippen LogP contribution in [0.25, 0.3) is 0 Å². The Kier molecular flexibility index (Phi) is 2.13. The summed E-state index contributed by atoms with van der Waals surface area (Å²) in [4.78, 5) is 11.4. The van der Waals surface area contributed by atoms with Crippen molar-refractivity contribution in [1.29, 1.82) is 0 Å². The summed E-state index contributed by atoms with van der Waals surface area (Å²) in [7, 11) is 0. The molecule has 0 unspecified atom stereocenters. The van der Waals surface area contributed by atoms with E-state index in [0.717, 1.165) is 12.8 Å². The first-order chi connectivity index (χ1) is 6.25. The molecule has 0 aliphatic heterocycles. The fraction of sp³-hybridized carbons (Fsp3) is 0.571. The van der Waals surface area contributed by atoms with Crippen LogP contribution in [0.2, 0.25) is 0 Å². The quantitative estimate of drug-likeness (QED) is 0.705. The van der Waals surface area contributed by atoms with Gasteiger partial charge in [0.2, 0.25) is 11.8 Å². The molecule has 0 atom stereocenters. The van der Waals surface area contributed by atoms with Crippen molar-refractivity contribution in [2.75, 3.05) is 0 Å². The molecule has 0 radical (unpaired) electrons. The Balaban J connectivity index is 1.85. The Hall–Kier alpha value is -1.17. The fourth-order valence-corrected chi connectivity index (χ4v) is 1.13. The van der Waals surface area contributed by atoms with Crippen LogP contribution < -0.4 is 5.32 Å². The van der Waals surface area contributed by atoms with E-state index in [1.807, 2.05) is 0 Å². The van der Waals surface area contributed by atoms with Crippen LogP contribution >= 0.6 is 12.2 Å². The molecule has 70 valence electrons. The van der Waals surface area contributed by atoms with Crippen molar-refractivity contribution in [2.45, 2.75) is 19.4 Å². The molecular formula is C7H9N3O2S. The number of aromatic nitrogens is 2. The number of nitrogens with zero attached hydrogens (tertiary/aromatic N) is 1. The molecule has 13 heavy (non-hydrogen) atoms. The number of aromatic amines is 1. The molecule has 1 fully saturated rings. The van der Waals surface area contributed by atoms with Crippen molar-refractivity contribution in [1.82, 2.24) is 15.5 Å². The number of hydrogen-bond donors (Lipinski definition) is 2. The number of H-pyrrole nitrogens is 1. The zero-order chi connectivity index (χ0) is 9.26. The van der Waals surface area contributed by atoms with Gasteiger partial charge in [0.25, 0.3) is 4.84 Å². The second kappa shape index (κ2) is 3.29. The Bertz CT molecular complexity index is 366. The van der Waals surface area contributed by atoms with Gasteiger partial charge in [0.1, 0.15) is 0 Å². The van der Waals surface area contributed by atoms with E-state index in [1.165, 1.54) is 0 Å². The van der Waals surface area contributed by atoms with Crippen LogP contribution in [-0.4, -0.2) is 16.1 Å². The Morgan fingerprint density at radius 2 is 2.54 bits per heavy atom. The van der Waals surface area contributed by atoms with Gasteiger partial charge in [-0.15, -0.1) is 5.10 Å². The lowest BCUT2D eigenvalue weighted by Gasteiger charge is -1.98. The summed E-state index contributed by atoms with van der Waals surface area (Å²) in [5.41, 5.74) is 0. The first kappa shape index (κ1) is 8.43. The smallest absolute Gasteiger partial charge is 0.284 e. The summed E-state index contributed by atoms with van der Waals surface area (Å²) in [5, 5.41) is 8.95. The van der Waals surface area contributed by atoms with E-state index in [-0.39, 0.29) is 16.7 Å². The van der Waals surface area contributed by atoms with Crippen LogP contribution in [-0.2, 0) is 11.3 Å². The normalized spacial score (nSPS) is 15.7. The minimum Gasteiger partial charge on any atom is -0.412 e. The summed E-state index contributed by atoms with van der Waals surface area (Å²) in [6.45, 7) is 0.308. The van der Waals surface area contributed by atoms with E-state index < -0.39 is 0 Å². The zero-order valence-electron chi connectivity index (χ0n) is 6.87. The summed E-state index contributed by atoms with van der Waals surface area (Å²) >= 11 is 4.68. The summed E-state index contributed by atoms with van der Waals surface area (Å²) in [5.74, 6) is 0.699. The molecular weight excluding hydrogens is 190 g/mol. The van der Waals surface area contributed by atoms with Gasteiger partial charge in [-0.05, 0) is 25.1 Å². The van der Waals surface area contributed by atoms with Crippen LogP contribution in [0.3, 0.4) is 0 Å². The molecule has 1 aromatic heterocycles. The monoisotopic (exact) mass is 199 g/mol. The van der Waals surface area contributed by atoms with Gasteiger partial charge in [0.05, 0.1) is 6.54 Å². The average Bonchev–Trinajstić information content (AvgIpc) is 2.87. The van der Waals surface area contributed by atoms with Crippen molar-refractivity contribution in [3.63, 3.8) is 0 Å². The van der Waals surface area contributed by atoms with Gasteiger partial charge >= 0.3 is 0 Å². The van der Waals surface area contributed by atoms with E-state index in [2.05, 4.69) is 27.7 Å². The summed E-state index contributed by atoms with van der Waals surface area (Å²) in [6.07, 6.45) is 1.99. The number of carbonyl (C=O) groups excluding carboxylic acids is 1. The number of amides is 1. The lowest BCUT2D eigenvalue weighted by atomic mass is 10.4. The molecule has 1 amide bonds. The molecule has 2 rings (SSSR count). The largest absolute Gasteiger partial charge is 0.412 e. The van der Waals surface area contributed by atoms with Crippen molar-refractivity contribution in [2.24, 2.45) is 5.92 Å². The van der Waals surface area contributed by atoms with Crippen LogP contribution in [0.15, 0.2) is 4.42 Å². The molecule has 5 nitrogen and oxygen atoms in total. The SMILES string of the molecule is O=C(NCc1n[nH]c(=S)o1)C1CC1. The number of hydrogen-bond acceptors (Lipinski definition) is 4. The highest BCUT2D eigenvalue weighted by Gasteiger charge is 2.29. The molecule has 6 heteroatoms. The molecule has 1 aliphatic rings. The molecule has 0 saturated heterocycles. The number of rotatable bonds is 3. The standard InChI is InChI=1S/C7H9N3O2S/c11-6(4-1-2-4)8-3-5-9-10-7(13)12-5/h4H,1-3H2,(H,8,11)(H,10,13). The van der Waals surface area contributed by atoms with Gasteiger partial charge in [0, 0.05) is 5.92 Å². The van der Waals surface area contributed by atoms with E-state index in [4.69, 9.17) is 4.42 Å². The highest BCUT2D eigenvalue weighted by molar-refractivity contribution is 7.71. The third-order valence-corrected chi connectivity index (χ3v) is 2.02. The van der Waals surface area contributed by atoms with Crippen molar-refractivity contribution < 1.29 is 9.21 Å². The maximum Gasteiger partial charge on any atom is 0.284 e. The van der Waals surface area contributed by atoms with Crippen molar-refractivity contribution in [3.05, 3.63) is 10.7 Å². The van der Waals surface area contributed by atoms with Gasteiger partial charge in [0.15, 0.2) is 0 Å². The molecule has 1 heterocycles. The molecule has 2 N–H and O–H groups in total. The molecule has 1 aliphatic carbocycles. The number of nitrogens with one attached hydrogen (secondary N) is 2. The van der Waals surface area contributed by atoms with E-state index >= 15 is 0 Å². The summed E-state index contributed by atoms with van der Waals surface area (Å²) < 4.78 is 4.97. The Morgan fingerprint density at radius 3 is 3.08 bits per heavy atom. The van der Waals surface area contributed by atoms with Gasteiger partial charge in [-0.25, -0.2) is 5.10 Å². The zero-order valence-corrected chi connectivity index (χ0v) is 7.69. The van der Waals surface area contributed by atoms with Crippen LogP contribution in [0.4, 0.5) is 0 Å². The maximum atomic E-state index is 11.2. The predicted molar refractivity (Wildman–Crippen MR) is 46.3 cm³/mol. The minimum atomic E-state index is 0.0733. The Labute approximate surface area is 79.5 Å². The molecule has 0 bridgehead atoms. The fourth-order valence-electron chi connectivity index (χ4n) is 0.989. The first-order valence-corrected chi connectivity index (χ1v) is 4.48. The van der Waals surface area contributed by atoms with Gasteiger partial charge in [-0.2, -0.15) is 0 Å². The maximum absolute atomic E-state index is 11.2. The lowest BCUT2D eigenvalue weighted by molar-refractivity contribution is -0.122. The van der Waals surface area contributed by atoms with Crippen molar-refractivity contribution >= 4 is 18.1 Å².